The van der Waals surface area contributed by atoms with E-state index in [1.54, 1.807) is 0 Å². The Hall–Kier alpha value is -1.74. The van der Waals surface area contributed by atoms with Crippen LogP contribution in [0.2, 0.25) is 0 Å². The van der Waals surface area contributed by atoms with Gasteiger partial charge in [-0.3, -0.25) is 0 Å². The molecule has 2 heterocycles. The normalized spacial score (nSPS) is 11.6. The number of hydrogen-bond acceptors (Lipinski definition) is 1. The Kier molecular flexibility index (Phi) is 25.6. The van der Waals surface area contributed by atoms with E-state index in [2.05, 4.69) is 80.3 Å². The molecular formula is C46H83N3+2. The second kappa shape index (κ2) is 28.9. The SMILES string of the molecule is CCCCCCCCCCCCCCc1cc(C)cc(C)[n+]1CCNCC[n+]1c(C)cc(C)cc1CCCCCCCCCCCCCC. The summed E-state index contributed by atoms with van der Waals surface area (Å²) in [7, 11) is 0. The summed E-state index contributed by atoms with van der Waals surface area (Å²) < 4.78 is 5.17. The molecule has 0 aromatic carbocycles. The van der Waals surface area contributed by atoms with Crippen LogP contribution in [0.1, 0.15) is 202 Å². The summed E-state index contributed by atoms with van der Waals surface area (Å²) >= 11 is 0. The zero-order valence-electron chi connectivity index (χ0n) is 33.9. The fourth-order valence-corrected chi connectivity index (χ4v) is 7.89. The van der Waals surface area contributed by atoms with E-state index < -0.39 is 0 Å². The summed E-state index contributed by atoms with van der Waals surface area (Å²) in [5.41, 5.74) is 8.68. The third-order valence-electron chi connectivity index (χ3n) is 10.8. The molecule has 0 saturated heterocycles. The second-order valence-corrected chi connectivity index (χ2v) is 15.7. The molecule has 0 spiro atoms. The van der Waals surface area contributed by atoms with Gasteiger partial charge in [0.15, 0.2) is 35.9 Å². The second-order valence-electron chi connectivity index (χ2n) is 15.7. The summed E-state index contributed by atoms with van der Waals surface area (Å²) in [6, 6.07) is 9.61. The van der Waals surface area contributed by atoms with Crippen LogP contribution in [-0.2, 0) is 25.9 Å². The number of nitrogens with zero attached hydrogens (tertiary/aromatic N) is 2. The highest BCUT2D eigenvalue weighted by atomic mass is 15.0. The molecule has 0 saturated carbocycles. The van der Waals surface area contributed by atoms with Gasteiger partial charge in [-0.15, -0.1) is 0 Å². The molecule has 0 radical (unpaired) electrons. The summed E-state index contributed by atoms with van der Waals surface area (Å²) in [6.45, 7) is 17.9. The van der Waals surface area contributed by atoms with E-state index in [0.29, 0.717) is 0 Å². The molecule has 1 N–H and O–H groups in total. The van der Waals surface area contributed by atoms with E-state index in [1.165, 1.54) is 201 Å². The van der Waals surface area contributed by atoms with Crippen molar-refractivity contribution in [3.05, 3.63) is 58.2 Å². The van der Waals surface area contributed by atoms with Gasteiger partial charge in [0.05, 0.1) is 13.1 Å². The Balaban J connectivity index is 1.67. The van der Waals surface area contributed by atoms with Crippen molar-refractivity contribution in [3.8, 4) is 0 Å². The molecule has 2 rings (SSSR count). The van der Waals surface area contributed by atoms with E-state index in [4.69, 9.17) is 0 Å². The van der Waals surface area contributed by atoms with E-state index in [0.717, 1.165) is 26.2 Å². The number of hydrogen-bond donors (Lipinski definition) is 1. The van der Waals surface area contributed by atoms with Crippen molar-refractivity contribution in [2.75, 3.05) is 13.1 Å². The number of rotatable bonds is 32. The molecule has 0 bridgehead atoms. The first-order valence-electron chi connectivity index (χ1n) is 21.7. The third-order valence-corrected chi connectivity index (χ3v) is 10.8. The fraction of sp³-hybridized carbons (Fsp3) is 0.783. The average Bonchev–Trinajstić information content (AvgIpc) is 3.07. The van der Waals surface area contributed by atoms with Crippen molar-refractivity contribution in [2.45, 2.75) is 222 Å². The lowest BCUT2D eigenvalue weighted by atomic mass is 10.0. The van der Waals surface area contributed by atoms with Gasteiger partial charge < -0.3 is 5.32 Å². The molecule has 2 aromatic heterocycles. The van der Waals surface area contributed by atoms with E-state index in [1.807, 2.05) is 0 Å². The van der Waals surface area contributed by atoms with Crippen molar-refractivity contribution >= 4 is 0 Å². The van der Waals surface area contributed by atoms with Crippen molar-refractivity contribution in [1.82, 2.24) is 5.32 Å². The fourth-order valence-electron chi connectivity index (χ4n) is 7.89. The summed E-state index contributed by atoms with van der Waals surface area (Å²) in [4.78, 5) is 0. The molecule has 0 aliphatic rings. The Morgan fingerprint density at radius 2 is 0.673 bits per heavy atom. The Morgan fingerprint density at radius 3 is 0.980 bits per heavy atom. The highest BCUT2D eigenvalue weighted by molar-refractivity contribution is 5.15. The van der Waals surface area contributed by atoms with Gasteiger partial charge in [-0.1, -0.05) is 155 Å². The molecule has 0 unspecified atom stereocenters. The van der Waals surface area contributed by atoms with E-state index >= 15 is 0 Å². The first-order chi connectivity index (χ1) is 24.0. The molecule has 2 aromatic rings. The summed E-state index contributed by atoms with van der Waals surface area (Å²) in [6.07, 6.45) is 36.3. The molecule has 3 heteroatoms. The van der Waals surface area contributed by atoms with Crippen LogP contribution in [-0.4, -0.2) is 13.1 Å². The van der Waals surface area contributed by atoms with Gasteiger partial charge in [-0.2, -0.15) is 9.13 Å². The largest absolute Gasteiger partial charge is 0.305 e. The van der Waals surface area contributed by atoms with Crippen LogP contribution in [0.3, 0.4) is 0 Å². The van der Waals surface area contributed by atoms with Gasteiger partial charge >= 0.3 is 0 Å². The lowest BCUT2D eigenvalue weighted by molar-refractivity contribution is -0.711. The van der Waals surface area contributed by atoms with Crippen LogP contribution in [0, 0.1) is 27.7 Å². The number of aryl methyl sites for hydroxylation is 6. The molecular weight excluding hydrogens is 595 g/mol. The van der Waals surface area contributed by atoms with Gasteiger partial charge in [0, 0.05) is 51.0 Å². The molecule has 0 aliphatic heterocycles. The van der Waals surface area contributed by atoms with Crippen LogP contribution in [0.25, 0.3) is 0 Å². The van der Waals surface area contributed by atoms with Crippen molar-refractivity contribution in [3.63, 3.8) is 0 Å². The van der Waals surface area contributed by atoms with Crippen LogP contribution >= 0.6 is 0 Å². The average molecular weight is 678 g/mol. The maximum atomic E-state index is 3.81. The predicted molar refractivity (Wildman–Crippen MR) is 215 cm³/mol. The van der Waals surface area contributed by atoms with Crippen molar-refractivity contribution in [2.24, 2.45) is 0 Å². The number of pyridine rings is 2. The topological polar surface area (TPSA) is 19.8 Å². The van der Waals surface area contributed by atoms with Gasteiger partial charge in [0.1, 0.15) is 0 Å². The Labute approximate surface area is 306 Å². The minimum absolute atomic E-state index is 1.03. The lowest BCUT2D eigenvalue weighted by Gasteiger charge is -2.11. The maximum Gasteiger partial charge on any atom is 0.181 e. The zero-order valence-corrected chi connectivity index (χ0v) is 33.9. The number of aromatic nitrogens is 2. The third kappa shape index (κ3) is 20.6. The first kappa shape index (κ1) is 43.4. The molecule has 280 valence electrons. The Bertz CT molecular complexity index is 1000. The standard InChI is InChI=1S/C46H83N3/c1-7-9-11-13-15-17-19-21-23-25-27-29-31-45-39-41(3)37-43(5)48(45)35-33-47-34-36-49-44(6)38-42(4)40-46(49)32-30-28-26-24-22-20-18-16-14-12-10-8-2/h37-40,47H,7-36H2,1-6H3/q+2. The summed E-state index contributed by atoms with van der Waals surface area (Å²) in [5.74, 6) is 0. The number of nitrogens with one attached hydrogen (secondary N) is 1. The van der Waals surface area contributed by atoms with Gasteiger partial charge in [-0.05, 0) is 37.8 Å². The highest BCUT2D eigenvalue weighted by Crippen LogP contribution is 2.15. The molecule has 0 amide bonds. The van der Waals surface area contributed by atoms with Crippen LogP contribution < -0.4 is 14.5 Å². The molecule has 3 nitrogen and oxygen atoms in total. The minimum Gasteiger partial charge on any atom is -0.305 e. The first-order valence-corrected chi connectivity index (χ1v) is 21.7. The maximum absolute atomic E-state index is 3.81. The predicted octanol–water partition coefficient (Wildman–Crippen LogP) is 12.3. The smallest absolute Gasteiger partial charge is 0.181 e. The minimum atomic E-state index is 1.03. The molecule has 0 fully saturated rings. The van der Waals surface area contributed by atoms with Gasteiger partial charge in [0.2, 0.25) is 0 Å². The molecule has 49 heavy (non-hydrogen) atoms. The van der Waals surface area contributed by atoms with Crippen molar-refractivity contribution in [1.29, 1.82) is 0 Å². The van der Waals surface area contributed by atoms with E-state index in [9.17, 15) is 0 Å². The summed E-state index contributed by atoms with van der Waals surface area (Å²) in [5, 5.41) is 3.81. The van der Waals surface area contributed by atoms with E-state index in [-0.39, 0.29) is 0 Å². The van der Waals surface area contributed by atoms with Gasteiger partial charge in [-0.25, -0.2) is 0 Å². The Morgan fingerprint density at radius 1 is 0.388 bits per heavy atom. The van der Waals surface area contributed by atoms with Crippen LogP contribution in [0.15, 0.2) is 24.3 Å². The lowest BCUT2D eigenvalue weighted by Crippen LogP contribution is -2.48. The van der Waals surface area contributed by atoms with Crippen LogP contribution in [0.5, 0.6) is 0 Å². The number of unbranched alkanes of at least 4 members (excludes halogenated alkanes) is 22. The molecule has 0 aliphatic carbocycles. The van der Waals surface area contributed by atoms with Gasteiger partial charge in [0.25, 0.3) is 0 Å². The van der Waals surface area contributed by atoms with Crippen molar-refractivity contribution < 1.29 is 9.13 Å². The molecule has 0 atom stereocenters. The highest BCUT2D eigenvalue weighted by Gasteiger charge is 2.17. The monoisotopic (exact) mass is 678 g/mol. The quantitative estimate of drug-likeness (QED) is 0.0603. The zero-order chi connectivity index (χ0) is 35.4. The van der Waals surface area contributed by atoms with Crippen LogP contribution in [0.4, 0.5) is 0 Å².